The summed E-state index contributed by atoms with van der Waals surface area (Å²) in [7, 11) is 0. The Hall–Kier alpha value is -0.640. The minimum Gasteiger partial charge on any atom is -0.311 e. The molecule has 0 spiro atoms. The molecule has 2 nitrogen and oxygen atoms in total. The van der Waals surface area contributed by atoms with Crippen LogP contribution in [0.5, 0.6) is 0 Å². The van der Waals surface area contributed by atoms with Crippen molar-refractivity contribution in [3.8, 4) is 0 Å². The van der Waals surface area contributed by atoms with Crippen molar-refractivity contribution in [1.29, 1.82) is 0 Å². The maximum Gasteiger partial charge on any atom is 0.141 e. The second-order valence-electron chi connectivity index (χ2n) is 5.38. The summed E-state index contributed by atoms with van der Waals surface area (Å²) in [6.07, 6.45) is 2.74. The summed E-state index contributed by atoms with van der Waals surface area (Å²) in [4.78, 5) is 2.43. The van der Waals surface area contributed by atoms with E-state index < -0.39 is 0 Å². The molecule has 1 aromatic rings. The number of nitrogens with one attached hydrogen (secondary N) is 1. The van der Waals surface area contributed by atoms with Crippen molar-refractivity contribution in [2.24, 2.45) is 5.92 Å². The van der Waals surface area contributed by atoms with Crippen LogP contribution in [0.15, 0.2) is 18.2 Å². The average Bonchev–Trinajstić information content (AvgIpc) is 3.18. The van der Waals surface area contributed by atoms with E-state index >= 15 is 0 Å². The summed E-state index contributed by atoms with van der Waals surface area (Å²) in [6, 6.07) is 5.67. The third kappa shape index (κ3) is 2.85. The second kappa shape index (κ2) is 5.16. The lowest BCUT2D eigenvalue weighted by Gasteiger charge is -2.34. The molecule has 1 saturated carbocycles. The van der Waals surface area contributed by atoms with E-state index in [9.17, 15) is 4.39 Å². The first-order valence-corrected chi connectivity index (χ1v) is 7.00. The zero-order valence-corrected chi connectivity index (χ0v) is 11.1. The largest absolute Gasteiger partial charge is 0.311 e. The molecule has 3 rings (SSSR count). The summed E-state index contributed by atoms with van der Waals surface area (Å²) in [6.45, 7) is 4.07. The van der Waals surface area contributed by atoms with E-state index in [0.717, 1.165) is 37.7 Å². The van der Waals surface area contributed by atoms with Crippen molar-refractivity contribution in [2.75, 3.05) is 19.6 Å². The maximum atomic E-state index is 13.1. The van der Waals surface area contributed by atoms with E-state index in [-0.39, 0.29) is 10.8 Å². The van der Waals surface area contributed by atoms with Gasteiger partial charge in [-0.3, -0.25) is 4.90 Å². The molecule has 1 aliphatic carbocycles. The Kier molecular flexibility index (Phi) is 3.55. The lowest BCUT2D eigenvalue weighted by atomic mass is 10.1. The van der Waals surface area contributed by atoms with Gasteiger partial charge in [-0.05, 0) is 36.5 Å². The zero-order chi connectivity index (χ0) is 12.5. The van der Waals surface area contributed by atoms with E-state index in [2.05, 4.69) is 10.2 Å². The number of piperazine rings is 1. The Balaban J connectivity index is 1.62. The van der Waals surface area contributed by atoms with Crippen LogP contribution in [-0.2, 0) is 6.54 Å². The SMILES string of the molecule is Fc1ccc(CN2CCNC(C3CC3)C2)cc1Cl. The van der Waals surface area contributed by atoms with Gasteiger partial charge in [0.15, 0.2) is 0 Å². The highest BCUT2D eigenvalue weighted by Gasteiger charge is 2.33. The fourth-order valence-corrected chi connectivity index (χ4v) is 2.90. The van der Waals surface area contributed by atoms with Crippen molar-refractivity contribution >= 4 is 11.6 Å². The molecule has 1 heterocycles. The molecule has 2 aliphatic rings. The Morgan fingerprint density at radius 3 is 2.94 bits per heavy atom. The maximum absolute atomic E-state index is 13.1. The Labute approximate surface area is 112 Å². The van der Waals surface area contributed by atoms with Crippen LogP contribution >= 0.6 is 11.6 Å². The highest BCUT2D eigenvalue weighted by atomic mass is 35.5. The van der Waals surface area contributed by atoms with Gasteiger partial charge >= 0.3 is 0 Å². The Morgan fingerprint density at radius 1 is 1.39 bits per heavy atom. The lowest BCUT2D eigenvalue weighted by molar-refractivity contribution is 0.181. The highest BCUT2D eigenvalue weighted by molar-refractivity contribution is 6.30. The standard InChI is InChI=1S/C14H18ClFN2/c15-12-7-10(1-4-13(12)16)8-18-6-5-17-14(9-18)11-2-3-11/h1,4,7,11,14,17H,2-3,5-6,8-9H2. The van der Waals surface area contributed by atoms with Crippen molar-refractivity contribution in [1.82, 2.24) is 10.2 Å². The third-order valence-corrected chi connectivity index (χ3v) is 4.16. The Bertz CT molecular complexity index is 434. The van der Waals surface area contributed by atoms with E-state index in [4.69, 9.17) is 11.6 Å². The molecular formula is C14H18ClFN2. The molecule has 18 heavy (non-hydrogen) atoms. The Morgan fingerprint density at radius 2 is 2.22 bits per heavy atom. The summed E-state index contributed by atoms with van der Waals surface area (Å²) in [5.41, 5.74) is 1.10. The quantitative estimate of drug-likeness (QED) is 0.907. The van der Waals surface area contributed by atoms with Gasteiger partial charge in [0.2, 0.25) is 0 Å². The van der Waals surface area contributed by atoms with Crippen LogP contribution in [-0.4, -0.2) is 30.6 Å². The zero-order valence-electron chi connectivity index (χ0n) is 10.3. The van der Waals surface area contributed by atoms with E-state index in [1.165, 1.54) is 18.9 Å². The molecule has 1 atom stereocenters. The molecule has 2 fully saturated rings. The lowest BCUT2D eigenvalue weighted by Crippen LogP contribution is -2.51. The number of benzene rings is 1. The molecule has 1 aromatic carbocycles. The van der Waals surface area contributed by atoms with Crippen LogP contribution in [0, 0.1) is 11.7 Å². The second-order valence-corrected chi connectivity index (χ2v) is 5.79. The van der Waals surface area contributed by atoms with Gasteiger partial charge in [-0.15, -0.1) is 0 Å². The van der Waals surface area contributed by atoms with E-state index in [1.54, 1.807) is 6.07 Å². The fourth-order valence-electron chi connectivity index (χ4n) is 2.70. The summed E-state index contributed by atoms with van der Waals surface area (Å²) in [5.74, 6) is 0.543. The number of hydrogen-bond acceptors (Lipinski definition) is 2. The van der Waals surface area contributed by atoms with Crippen molar-refractivity contribution in [3.63, 3.8) is 0 Å². The van der Waals surface area contributed by atoms with Gasteiger partial charge < -0.3 is 5.32 Å². The van der Waals surface area contributed by atoms with Crippen molar-refractivity contribution < 1.29 is 4.39 Å². The number of nitrogens with zero attached hydrogens (tertiary/aromatic N) is 1. The van der Waals surface area contributed by atoms with Gasteiger partial charge in [-0.1, -0.05) is 17.7 Å². The third-order valence-electron chi connectivity index (χ3n) is 3.87. The predicted octanol–water partition coefficient (Wildman–Crippen LogP) is 2.66. The summed E-state index contributed by atoms with van der Waals surface area (Å²) in [5, 5.41) is 3.81. The van der Waals surface area contributed by atoms with Gasteiger partial charge in [0.1, 0.15) is 5.82 Å². The van der Waals surface area contributed by atoms with Crippen LogP contribution in [0.3, 0.4) is 0 Å². The molecule has 0 radical (unpaired) electrons. The minimum absolute atomic E-state index is 0.223. The molecule has 0 bridgehead atoms. The van der Waals surface area contributed by atoms with Crippen LogP contribution in [0.4, 0.5) is 4.39 Å². The van der Waals surface area contributed by atoms with Crippen molar-refractivity contribution in [2.45, 2.75) is 25.4 Å². The number of rotatable bonds is 3. The van der Waals surface area contributed by atoms with Gasteiger partial charge in [0, 0.05) is 32.2 Å². The van der Waals surface area contributed by atoms with Crippen molar-refractivity contribution in [3.05, 3.63) is 34.6 Å². The monoisotopic (exact) mass is 268 g/mol. The van der Waals surface area contributed by atoms with Crippen LogP contribution < -0.4 is 5.32 Å². The molecule has 0 aromatic heterocycles. The molecule has 1 unspecified atom stereocenters. The van der Waals surface area contributed by atoms with Crippen LogP contribution in [0.1, 0.15) is 18.4 Å². The normalized spacial score (nSPS) is 25.3. The van der Waals surface area contributed by atoms with Gasteiger partial charge in [-0.2, -0.15) is 0 Å². The topological polar surface area (TPSA) is 15.3 Å². The van der Waals surface area contributed by atoms with Crippen LogP contribution in [0.25, 0.3) is 0 Å². The number of hydrogen-bond donors (Lipinski definition) is 1. The highest BCUT2D eigenvalue weighted by Crippen LogP contribution is 2.33. The first-order chi connectivity index (χ1) is 8.72. The van der Waals surface area contributed by atoms with Gasteiger partial charge in [-0.25, -0.2) is 4.39 Å². The van der Waals surface area contributed by atoms with Gasteiger partial charge in [0.05, 0.1) is 5.02 Å². The summed E-state index contributed by atoms with van der Waals surface area (Å²) >= 11 is 5.81. The predicted molar refractivity (Wildman–Crippen MR) is 71.2 cm³/mol. The number of halogens is 2. The molecule has 1 saturated heterocycles. The molecule has 1 aliphatic heterocycles. The first-order valence-electron chi connectivity index (χ1n) is 6.62. The smallest absolute Gasteiger partial charge is 0.141 e. The van der Waals surface area contributed by atoms with Crippen LogP contribution in [0.2, 0.25) is 5.02 Å². The minimum atomic E-state index is -0.336. The molecule has 0 amide bonds. The molecule has 1 N–H and O–H groups in total. The van der Waals surface area contributed by atoms with E-state index in [1.807, 2.05) is 6.07 Å². The summed E-state index contributed by atoms with van der Waals surface area (Å²) < 4.78 is 13.1. The molecule has 98 valence electrons. The fraction of sp³-hybridized carbons (Fsp3) is 0.571. The molecular weight excluding hydrogens is 251 g/mol. The van der Waals surface area contributed by atoms with E-state index in [0.29, 0.717) is 6.04 Å². The first kappa shape index (κ1) is 12.4. The van der Waals surface area contributed by atoms with Gasteiger partial charge in [0.25, 0.3) is 0 Å². The molecule has 4 heteroatoms. The average molecular weight is 269 g/mol.